The molecule has 0 unspecified atom stereocenters. The molecule has 9 rings (SSSR count). The molecule has 0 bridgehead atoms. The summed E-state index contributed by atoms with van der Waals surface area (Å²) in [6.45, 7) is 17.8. The SMILES string of the molecule is CCCCCCCCOc1ccc(COc2cc(COc3cc(N)cc(OCc4cc(OCc5ccc(C)cc5)c(OCc5ccc(OCCCCCCCC)cc5)c(OCc5ccc(OCCCCCCCC)cc5)c4)c3)cc(OCc3ccc(C)cc3)c2OCc2ccc(OCCCCCCCC)cc2)cc1. The smallest absolute Gasteiger partial charge is 0.203 e. The normalized spacial score (nSPS) is 11.1. The van der Waals surface area contributed by atoms with E-state index >= 15 is 0 Å². The molecule has 0 amide bonds. The maximum absolute atomic E-state index is 6.81. The van der Waals surface area contributed by atoms with Gasteiger partial charge in [-0.2, -0.15) is 0 Å². The number of nitrogen functional groups attached to an aromatic ring is 1. The topological polar surface area (TPSA) is 137 Å². The number of rotatable bonds is 56. The molecular weight excluding hydrogens is 1360 g/mol. The third-order valence-corrected chi connectivity index (χ3v) is 19.2. The van der Waals surface area contributed by atoms with Crippen molar-refractivity contribution >= 4 is 5.69 Å². The monoisotopic (exact) mass is 1480 g/mol. The molecule has 0 radical (unpaired) electrons. The van der Waals surface area contributed by atoms with Crippen LogP contribution in [-0.4, -0.2) is 26.4 Å². The largest absolute Gasteiger partial charge is 0.494 e. The predicted octanol–water partition coefficient (Wildman–Crippen LogP) is 25.5. The zero-order valence-electron chi connectivity index (χ0n) is 66.3. The van der Waals surface area contributed by atoms with Crippen LogP contribution in [0.25, 0.3) is 0 Å². The van der Waals surface area contributed by atoms with Crippen LogP contribution in [-0.2, 0) is 52.9 Å². The average molecular weight is 1480 g/mol. The van der Waals surface area contributed by atoms with Crippen LogP contribution in [0.1, 0.15) is 237 Å². The summed E-state index contributed by atoms with van der Waals surface area (Å²) in [6.07, 6.45) is 29.0. The molecule has 109 heavy (non-hydrogen) atoms. The standard InChI is InChI=1S/C96H123NO12/c1-7-11-15-19-23-27-55-98-85-47-39-78(40-48-85)68-106-93-61-82(59-91(104-66-76-35-31-74(5)32-36-76)95(93)108-70-80-43-51-87(52-44-80)100-57-29-25-21-17-13-9-3)72-102-89-63-84(97)64-90(65-89)103-73-83-60-92(105-67-77-37-33-75(6)34-38-77)96(109-71-81-45-53-88(54-46-81)101-58-30-26-22-18-14-10-4)94(62-83)107-69-79-41-49-86(50-42-79)99-56-28-24-20-16-12-8-2/h31-54,59-65H,7-30,55-58,66-73,97H2,1-6H3. The first-order valence-electron chi connectivity index (χ1n) is 40.8. The minimum atomic E-state index is 0.126. The summed E-state index contributed by atoms with van der Waals surface area (Å²) in [7, 11) is 0. The van der Waals surface area contributed by atoms with Gasteiger partial charge in [-0.3, -0.25) is 0 Å². The Kier molecular flexibility index (Phi) is 37.3. The highest BCUT2D eigenvalue weighted by Crippen LogP contribution is 2.43. The fourth-order valence-corrected chi connectivity index (χ4v) is 12.6. The highest BCUT2D eigenvalue weighted by molar-refractivity contribution is 5.56. The number of hydrogen-bond donors (Lipinski definition) is 1. The van der Waals surface area contributed by atoms with E-state index in [0.717, 1.165) is 104 Å². The van der Waals surface area contributed by atoms with Gasteiger partial charge in [0.15, 0.2) is 23.0 Å². The van der Waals surface area contributed by atoms with E-state index in [0.29, 0.717) is 78.1 Å². The van der Waals surface area contributed by atoms with Crippen molar-refractivity contribution in [2.75, 3.05) is 32.2 Å². The van der Waals surface area contributed by atoms with Crippen LogP contribution < -0.4 is 62.6 Å². The summed E-state index contributed by atoms with van der Waals surface area (Å²) in [6, 6.07) is 62.5. The van der Waals surface area contributed by atoms with Crippen molar-refractivity contribution in [1.82, 2.24) is 0 Å². The van der Waals surface area contributed by atoms with Crippen molar-refractivity contribution in [2.45, 2.75) is 248 Å². The van der Waals surface area contributed by atoms with Crippen LogP contribution in [0.3, 0.4) is 0 Å². The Hall–Kier alpha value is -9.62. The lowest BCUT2D eigenvalue weighted by Gasteiger charge is -2.20. The lowest BCUT2D eigenvalue weighted by Crippen LogP contribution is -2.07. The lowest BCUT2D eigenvalue weighted by molar-refractivity contribution is 0.227. The van der Waals surface area contributed by atoms with E-state index in [1.54, 1.807) is 12.1 Å². The molecule has 0 saturated heterocycles. The molecule has 9 aromatic carbocycles. The Morgan fingerprint density at radius 1 is 0.202 bits per heavy atom. The number of aryl methyl sites for hydroxylation is 2. The summed E-state index contributed by atoms with van der Waals surface area (Å²) in [5.41, 5.74) is 17.0. The number of benzene rings is 9. The Morgan fingerprint density at radius 3 is 0.679 bits per heavy atom. The number of ether oxygens (including phenoxy) is 12. The van der Waals surface area contributed by atoms with Gasteiger partial charge in [0.25, 0.3) is 0 Å². The van der Waals surface area contributed by atoms with Gasteiger partial charge < -0.3 is 62.6 Å². The maximum Gasteiger partial charge on any atom is 0.203 e. The molecule has 0 fully saturated rings. The van der Waals surface area contributed by atoms with Gasteiger partial charge in [0.05, 0.1) is 26.4 Å². The Labute approximate surface area is 652 Å². The molecule has 13 heteroatoms. The van der Waals surface area contributed by atoms with Gasteiger partial charge in [0.2, 0.25) is 11.5 Å². The molecule has 2 N–H and O–H groups in total. The molecule has 0 aromatic heterocycles. The van der Waals surface area contributed by atoms with E-state index in [4.69, 9.17) is 62.6 Å². The van der Waals surface area contributed by atoms with Crippen molar-refractivity contribution in [1.29, 1.82) is 0 Å². The molecule has 9 aromatic rings. The van der Waals surface area contributed by atoms with Gasteiger partial charge in [-0.05, 0) is 157 Å². The fraction of sp³-hybridized carbons (Fsp3) is 0.438. The van der Waals surface area contributed by atoms with E-state index in [-0.39, 0.29) is 52.9 Å². The third-order valence-electron chi connectivity index (χ3n) is 19.2. The van der Waals surface area contributed by atoms with E-state index in [1.165, 1.54) is 128 Å². The second kappa shape index (κ2) is 48.7. The molecule has 584 valence electrons. The van der Waals surface area contributed by atoms with Crippen LogP contribution in [0.15, 0.2) is 188 Å². The summed E-state index contributed by atoms with van der Waals surface area (Å²) in [5.74, 6) is 7.32. The van der Waals surface area contributed by atoms with Crippen LogP contribution in [0, 0.1) is 13.8 Å². The second-order valence-corrected chi connectivity index (χ2v) is 28.9. The van der Waals surface area contributed by atoms with Crippen molar-refractivity contribution in [3.8, 4) is 69.0 Å². The molecule has 0 aliphatic carbocycles. The number of hydrogen-bond acceptors (Lipinski definition) is 13. The van der Waals surface area contributed by atoms with Crippen molar-refractivity contribution in [3.63, 3.8) is 0 Å². The molecule has 0 spiro atoms. The lowest BCUT2D eigenvalue weighted by atomic mass is 10.1. The fourth-order valence-electron chi connectivity index (χ4n) is 12.6. The summed E-state index contributed by atoms with van der Waals surface area (Å²) in [4.78, 5) is 0. The molecule has 0 aliphatic rings. The molecular formula is C96H123NO12. The number of nitrogens with two attached hydrogens (primary N) is 1. The first kappa shape index (κ1) is 83.4. The predicted molar refractivity (Wildman–Crippen MR) is 442 cm³/mol. The van der Waals surface area contributed by atoms with Gasteiger partial charge in [-0.25, -0.2) is 0 Å². The number of anilines is 1. The highest BCUT2D eigenvalue weighted by Gasteiger charge is 2.21. The summed E-state index contributed by atoms with van der Waals surface area (Å²) >= 11 is 0. The Bertz CT molecular complexity index is 3700. The van der Waals surface area contributed by atoms with Crippen LogP contribution in [0.4, 0.5) is 5.69 Å². The molecule has 0 aliphatic heterocycles. The zero-order chi connectivity index (χ0) is 76.1. The van der Waals surface area contributed by atoms with Gasteiger partial charge >= 0.3 is 0 Å². The first-order chi connectivity index (χ1) is 53.6. The maximum atomic E-state index is 6.81. The van der Waals surface area contributed by atoms with E-state index in [2.05, 4.69) is 90.1 Å². The second-order valence-electron chi connectivity index (χ2n) is 28.9. The van der Waals surface area contributed by atoms with Crippen molar-refractivity contribution in [3.05, 3.63) is 244 Å². The van der Waals surface area contributed by atoms with Crippen molar-refractivity contribution in [2.24, 2.45) is 0 Å². The molecule has 0 atom stereocenters. The van der Waals surface area contributed by atoms with Crippen LogP contribution in [0.2, 0.25) is 0 Å². The number of unbranched alkanes of at least 4 members (excludes halogenated alkanes) is 20. The van der Waals surface area contributed by atoms with E-state index < -0.39 is 0 Å². The van der Waals surface area contributed by atoms with Gasteiger partial charge in [0, 0.05) is 23.9 Å². The Balaban J connectivity index is 0.951. The van der Waals surface area contributed by atoms with Gasteiger partial charge in [-0.15, -0.1) is 0 Å². The highest BCUT2D eigenvalue weighted by atomic mass is 16.6. The first-order valence-corrected chi connectivity index (χ1v) is 40.8. The molecule has 13 nitrogen and oxygen atoms in total. The van der Waals surface area contributed by atoms with Crippen LogP contribution in [0.5, 0.6) is 69.0 Å². The zero-order valence-corrected chi connectivity index (χ0v) is 66.3. The van der Waals surface area contributed by atoms with Crippen LogP contribution >= 0.6 is 0 Å². The van der Waals surface area contributed by atoms with Gasteiger partial charge in [-0.1, -0.05) is 264 Å². The van der Waals surface area contributed by atoms with Crippen molar-refractivity contribution < 1.29 is 56.8 Å². The summed E-state index contributed by atoms with van der Waals surface area (Å²) < 4.78 is 78.8. The van der Waals surface area contributed by atoms with E-state index in [1.807, 2.05) is 127 Å². The Morgan fingerprint density at radius 2 is 0.422 bits per heavy atom. The quantitative estimate of drug-likeness (QED) is 0.0286. The minimum Gasteiger partial charge on any atom is -0.494 e. The molecule has 0 saturated carbocycles. The third kappa shape index (κ3) is 31.5. The molecule has 0 heterocycles. The summed E-state index contributed by atoms with van der Waals surface area (Å²) in [5, 5.41) is 0. The average Bonchev–Trinajstić information content (AvgIpc) is 0.817. The minimum absolute atomic E-state index is 0.126. The van der Waals surface area contributed by atoms with E-state index in [9.17, 15) is 0 Å². The van der Waals surface area contributed by atoms with Gasteiger partial charge in [0.1, 0.15) is 87.4 Å².